The van der Waals surface area contributed by atoms with Crippen molar-refractivity contribution in [3.05, 3.63) is 0 Å². The van der Waals surface area contributed by atoms with Crippen LogP contribution in [0, 0.1) is 5.92 Å². The fourth-order valence-electron chi connectivity index (χ4n) is 3.16. The Morgan fingerprint density at radius 2 is 1.81 bits per heavy atom. The lowest BCUT2D eigenvalue weighted by atomic mass is 10.1. The average Bonchev–Trinajstić information content (AvgIpc) is 2.95. The Balaban J connectivity index is 1.81. The fraction of sp³-hybridized carbons (Fsp3) is 1.00. The first kappa shape index (κ1) is 11.0. The smallest absolute Gasteiger partial charge is 0.282 e. The number of nitrogens with zero attached hydrogens (tertiary/aromatic N) is 2. The molecule has 3 aliphatic heterocycles. The van der Waals surface area contributed by atoms with Crippen LogP contribution in [0.25, 0.3) is 0 Å². The Kier molecular flexibility index (Phi) is 2.70. The zero-order valence-electron chi connectivity index (χ0n) is 9.43. The van der Waals surface area contributed by atoms with Gasteiger partial charge in [0.15, 0.2) is 0 Å². The molecule has 3 rings (SSSR count). The highest BCUT2D eigenvalue weighted by atomic mass is 32.2. The molecule has 3 fully saturated rings. The van der Waals surface area contributed by atoms with Crippen molar-refractivity contribution in [2.45, 2.75) is 25.3 Å². The van der Waals surface area contributed by atoms with Crippen molar-refractivity contribution in [1.29, 1.82) is 0 Å². The van der Waals surface area contributed by atoms with Gasteiger partial charge in [-0.05, 0) is 31.7 Å². The zero-order valence-corrected chi connectivity index (χ0v) is 10.2. The molecule has 0 aromatic heterocycles. The maximum absolute atomic E-state index is 12.4. The van der Waals surface area contributed by atoms with Gasteiger partial charge in [-0.15, -0.1) is 0 Å². The summed E-state index contributed by atoms with van der Waals surface area (Å²) in [6, 6.07) is 0.214. The highest BCUT2D eigenvalue weighted by Gasteiger charge is 2.45. The largest absolute Gasteiger partial charge is 0.315 e. The van der Waals surface area contributed by atoms with Gasteiger partial charge in [0.1, 0.15) is 0 Å². The second kappa shape index (κ2) is 3.94. The average molecular weight is 245 g/mol. The van der Waals surface area contributed by atoms with Crippen molar-refractivity contribution in [1.82, 2.24) is 13.9 Å². The quantitative estimate of drug-likeness (QED) is 0.721. The third kappa shape index (κ3) is 1.59. The van der Waals surface area contributed by atoms with E-state index >= 15 is 0 Å². The van der Waals surface area contributed by atoms with Crippen LogP contribution in [0.3, 0.4) is 0 Å². The summed E-state index contributed by atoms with van der Waals surface area (Å²) in [6.07, 6.45) is 3.05. The molecule has 6 heteroatoms. The molecule has 2 atom stereocenters. The summed E-state index contributed by atoms with van der Waals surface area (Å²) in [7, 11) is -3.17. The summed E-state index contributed by atoms with van der Waals surface area (Å²) >= 11 is 0. The van der Waals surface area contributed by atoms with Gasteiger partial charge in [0.25, 0.3) is 10.2 Å². The summed E-state index contributed by atoms with van der Waals surface area (Å²) in [5, 5.41) is 3.29. The Hall–Kier alpha value is -0.170. The molecule has 0 saturated carbocycles. The van der Waals surface area contributed by atoms with Gasteiger partial charge in [0.2, 0.25) is 0 Å². The van der Waals surface area contributed by atoms with Crippen LogP contribution in [0.4, 0.5) is 0 Å². The lowest BCUT2D eigenvalue weighted by Gasteiger charge is -2.27. The van der Waals surface area contributed by atoms with Crippen molar-refractivity contribution in [3.63, 3.8) is 0 Å². The van der Waals surface area contributed by atoms with E-state index in [4.69, 9.17) is 0 Å². The molecule has 0 unspecified atom stereocenters. The maximum Gasteiger partial charge on any atom is 0.282 e. The number of rotatable bonds is 2. The second-order valence-electron chi connectivity index (χ2n) is 5.00. The standard InChI is InChI=1S/C10H19N3O2S/c14-16(15,12-4-1-2-5-12)13-6-3-9-7-11-8-10(9)13/h9-11H,1-8H2/t9-,10+/m0/s1. The van der Waals surface area contributed by atoms with Crippen LogP contribution in [0.2, 0.25) is 0 Å². The zero-order chi connectivity index (χ0) is 11.2. The van der Waals surface area contributed by atoms with Crippen molar-refractivity contribution in [3.8, 4) is 0 Å². The number of hydrogen-bond donors (Lipinski definition) is 1. The molecule has 3 aliphatic rings. The molecule has 0 aromatic rings. The van der Waals surface area contributed by atoms with E-state index in [2.05, 4.69) is 5.32 Å². The van der Waals surface area contributed by atoms with Crippen LogP contribution >= 0.6 is 0 Å². The molecule has 0 radical (unpaired) electrons. The van der Waals surface area contributed by atoms with Crippen LogP contribution in [-0.2, 0) is 10.2 Å². The van der Waals surface area contributed by atoms with Crippen LogP contribution in [0.15, 0.2) is 0 Å². The summed E-state index contributed by atoms with van der Waals surface area (Å²) in [6.45, 7) is 3.96. The van der Waals surface area contributed by atoms with Crippen molar-refractivity contribution < 1.29 is 8.42 Å². The third-order valence-corrected chi connectivity index (χ3v) is 6.15. The number of fused-ring (bicyclic) bond motifs is 1. The van der Waals surface area contributed by atoms with E-state index in [0.717, 1.165) is 38.9 Å². The molecular formula is C10H19N3O2S. The van der Waals surface area contributed by atoms with E-state index in [1.165, 1.54) is 0 Å². The second-order valence-corrected chi connectivity index (χ2v) is 6.88. The molecule has 1 N–H and O–H groups in total. The first-order valence-electron chi connectivity index (χ1n) is 6.17. The molecular weight excluding hydrogens is 226 g/mol. The molecule has 3 heterocycles. The van der Waals surface area contributed by atoms with Gasteiger partial charge in [-0.2, -0.15) is 17.0 Å². The molecule has 0 aromatic carbocycles. The van der Waals surface area contributed by atoms with E-state index in [9.17, 15) is 8.42 Å². The van der Waals surface area contributed by atoms with Gasteiger partial charge in [0.05, 0.1) is 0 Å². The molecule has 3 saturated heterocycles. The number of nitrogens with one attached hydrogen (secondary N) is 1. The van der Waals surface area contributed by atoms with Gasteiger partial charge in [-0.3, -0.25) is 0 Å². The van der Waals surface area contributed by atoms with E-state index < -0.39 is 10.2 Å². The van der Waals surface area contributed by atoms with Gasteiger partial charge in [-0.25, -0.2) is 0 Å². The minimum atomic E-state index is -3.17. The normalized spacial score (nSPS) is 37.0. The molecule has 0 bridgehead atoms. The summed E-state index contributed by atoms with van der Waals surface area (Å²) in [5.74, 6) is 0.539. The monoisotopic (exact) mass is 245 g/mol. The Bertz CT molecular complexity index is 364. The van der Waals surface area contributed by atoms with Crippen LogP contribution in [0.1, 0.15) is 19.3 Å². The van der Waals surface area contributed by atoms with E-state index in [1.807, 2.05) is 0 Å². The van der Waals surface area contributed by atoms with Crippen molar-refractivity contribution in [2.75, 3.05) is 32.7 Å². The van der Waals surface area contributed by atoms with Crippen molar-refractivity contribution in [2.24, 2.45) is 5.92 Å². The van der Waals surface area contributed by atoms with E-state index in [0.29, 0.717) is 19.0 Å². The van der Waals surface area contributed by atoms with E-state index in [-0.39, 0.29) is 6.04 Å². The van der Waals surface area contributed by atoms with E-state index in [1.54, 1.807) is 8.61 Å². The lowest BCUT2D eigenvalue weighted by molar-refractivity contribution is 0.341. The maximum atomic E-state index is 12.4. The summed E-state index contributed by atoms with van der Waals surface area (Å²) in [4.78, 5) is 0. The highest BCUT2D eigenvalue weighted by molar-refractivity contribution is 7.86. The van der Waals surface area contributed by atoms with Gasteiger partial charge in [-0.1, -0.05) is 0 Å². The molecule has 0 aliphatic carbocycles. The summed E-state index contributed by atoms with van der Waals surface area (Å²) < 4.78 is 28.2. The van der Waals surface area contributed by atoms with Gasteiger partial charge >= 0.3 is 0 Å². The van der Waals surface area contributed by atoms with Crippen LogP contribution < -0.4 is 5.32 Å². The molecule has 92 valence electrons. The minimum Gasteiger partial charge on any atom is -0.315 e. The first-order valence-corrected chi connectivity index (χ1v) is 7.57. The third-order valence-electron chi connectivity index (χ3n) is 4.08. The number of hydrogen-bond acceptors (Lipinski definition) is 3. The minimum absolute atomic E-state index is 0.214. The predicted octanol–water partition coefficient (Wildman–Crippen LogP) is -0.379. The SMILES string of the molecule is O=S(=O)(N1CCCC1)N1CC[C@H]2CNC[C@H]21. The molecule has 0 amide bonds. The van der Waals surface area contributed by atoms with Crippen LogP contribution in [-0.4, -0.2) is 55.8 Å². The summed E-state index contributed by atoms with van der Waals surface area (Å²) in [5.41, 5.74) is 0. The predicted molar refractivity (Wildman–Crippen MR) is 61.2 cm³/mol. The Labute approximate surface area is 97.0 Å². The Morgan fingerprint density at radius 1 is 1.06 bits per heavy atom. The first-order chi connectivity index (χ1) is 7.69. The molecule has 0 spiro atoms. The van der Waals surface area contributed by atoms with Gasteiger partial charge < -0.3 is 5.32 Å². The fourth-order valence-corrected chi connectivity index (χ4v) is 5.10. The Morgan fingerprint density at radius 3 is 2.56 bits per heavy atom. The van der Waals surface area contributed by atoms with Crippen molar-refractivity contribution >= 4 is 10.2 Å². The lowest BCUT2D eigenvalue weighted by Crippen LogP contribution is -2.46. The molecule has 5 nitrogen and oxygen atoms in total. The van der Waals surface area contributed by atoms with Gasteiger partial charge in [0, 0.05) is 32.2 Å². The van der Waals surface area contributed by atoms with Crippen LogP contribution in [0.5, 0.6) is 0 Å². The highest BCUT2D eigenvalue weighted by Crippen LogP contribution is 2.31. The molecule has 16 heavy (non-hydrogen) atoms. The topological polar surface area (TPSA) is 52.7 Å².